The van der Waals surface area contributed by atoms with Crippen LogP contribution >= 0.6 is 0 Å². The van der Waals surface area contributed by atoms with E-state index in [-0.39, 0.29) is 11.9 Å². The smallest absolute Gasteiger partial charge is 0.272 e. The summed E-state index contributed by atoms with van der Waals surface area (Å²) in [6, 6.07) is 15.7. The Hall–Kier alpha value is -2.40. The Balaban J connectivity index is 1.80. The molecule has 0 radical (unpaired) electrons. The maximum atomic E-state index is 12.6. The van der Waals surface area contributed by atoms with Gasteiger partial charge in [-0.3, -0.25) is 9.69 Å². The molecular weight excluding hydrogens is 276 g/mol. The van der Waals surface area contributed by atoms with E-state index >= 15 is 0 Å². The average molecular weight is 296 g/mol. The van der Waals surface area contributed by atoms with Gasteiger partial charge in [-0.25, -0.2) is 4.98 Å². The molecule has 22 heavy (non-hydrogen) atoms. The summed E-state index contributed by atoms with van der Waals surface area (Å²) in [5.41, 5.74) is 7.31. The van der Waals surface area contributed by atoms with Gasteiger partial charge in [0.05, 0.1) is 6.04 Å². The number of pyridine rings is 1. The number of rotatable bonds is 2. The predicted molar refractivity (Wildman–Crippen MR) is 86.4 cm³/mol. The van der Waals surface area contributed by atoms with E-state index in [1.807, 2.05) is 23.1 Å². The maximum absolute atomic E-state index is 12.6. The van der Waals surface area contributed by atoms with E-state index in [4.69, 9.17) is 5.73 Å². The third-order valence-electron chi connectivity index (χ3n) is 4.11. The summed E-state index contributed by atoms with van der Waals surface area (Å²) in [7, 11) is 2.10. The van der Waals surface area contributed by atoms with Crippen LogP contribution in [0.1, 0.15) is 22.1 Å². The van der Waals surface area contributed by atoms with Crippen molar-refractivity contribution in [1.82, 2.24) is 14.8 Å². The molecule has 0 saturated carbocycles. The van der Waals surface area contributed by atoms with Crippen LogP contribution in [0.5, 0.6) is 0 Å². The highest BCUT2D eigenvalue weighted by atomic mass is 16.2. The molecule has 2 N–H and O–H groups in total. The summed E-state index contributed by atoms with van der Waals surface area (Å²) >= 11 is 0. The van der Waals surface area contributed by atoms with Crippen LogP contribution in [0.2, 0.25) is 0 Å². The van der Waals surface area contributed by atoms with Gasteiger partial charge in [-0.15, -0.1) is 0 Å². The molecule has 1 amide bonds. The topological polar surface area (TPSA) is 62.5 Å². The van der Waals surface area contributed by atoms with E-state index in [1.165, 1.54) is 5.56 Å². The minimum atomic E-state index is -0.0543. The fraction of sp³-hybridized carbons (Fsp3) is 0.294. The molecule has 5 heteroatoms. The van der Waals surface area contributed by atoms with Crippen LogP contribution in [0, 0.1) is 0 Å². The first-order chi connectivity index (χ1) is 10.6. The fourth-order valence-electron chi connectivity index (χ4n) is 2.83. The zero-order valence-corrected chi connectivity index (χ0v) is 12.6. The fourth-order valence-corrected chi connectivity index (χ4v) is 2.83. The molecule has 2 heterocycles. The number of hydrogen-bond donors (Lipinski definition) is 1. The molecule has 2 aromatic rings. The lowest BCUT2D eigenvalue weighted by Crippen LogP contribution is -2.49. The number of aromatic nitrogens is 1. The molecule has 1 aliphatic heterocycles. The zero-order valence-electron chi connectivity index (χ0n) is 12.6. The quantitative estimate of drug-likeness (QED) is 0.918. The van der Waals surface area contributed by atoms with Crippen LogP contribution in [0.4, 0.5) is 5.82 Å². The number of carbonyl (C=O) groups is 1. The Morgan fingerprint density at radius 2 is 1.91 bits per heavy atom. The molecule has 3 rings (SSSR count). The van der Waals surface area contributed by atoms with Crippen molar-refractivity contribution in [3.05, 3.63) is 59.8 Å². The number of amides is 1. The summed E-state index contributed by atoms with van der Waals surface area (Å²) in [5, 5.41) is 0. The van der Waals surface area contributed by atoms with Gasteiger partial charge in [-0.2, -0.15) is 0 Å². The minimum Gasteiger partial charge on any atom is -0.384 e. The minimum absolute atomic E-state index is 0.0543. The van der Waals surface area contributed by atoms with Crippen molar-refractivity contribution in [2.75, 3.05) is 32.4 Å². The summed E-state index contributed by atoms with van der Waals surface area (Å²) < 4.78 is 0. The third-order valence-corrected chi connectivity index (χ3v) is 4.11. The molecule has 1 saturated heterocycles. The summed E-state index contributed by atoms with van der Waals surface area (Å²) in [6.45, 7) is 2.21. The highest BCUT2D eigenvalue weighted by molar-refractivity contribution is 5.92. The average Bonchev–Trinajstić information content (AvgIpc) is 2.55. The Bertz CT molecular complexity index is 659. The number of hydrogen-bond acceptors (Lipinski definition) is 4. The molecule has 0 unspecified atom stereocenters. The Morgan fingerprint density at radius 1 is 1.14 bits per heavy atom. The normalized spacial score (nSPS) is 19.1. The third kappa shape index (κ3) is 2.94. The first kappa shape index (κ1) is 14.5. The summed E-state index contributed by atoms with van der Waals surface area (Å²) in [5.74, 6) is 0.320. The van der Waals surface area contributed by atoms with E-state index in [0.29, 0.717) is 24.6 Å². The van der Waals surface area contributed by atoms with Crippen LogP contribution in [0.3, 0.4) is 0 Å². The van der Waals surface area contributed by atoms with Gasteiger partial charge in [-0.05, 0) is 24.7 Å². The van der Waals surface area contributed by atoms with Gasteiger partial charge in [0.15, 0.2) is 0 Å². The molecule has 114 valence electrons. The van der Waals surface area contributed by atoms with Gasteiger partial charge in [0.25, 0.3) is 5.91 Å². The van der Waals surface area contributed by atoms with E-state index in [9.17, 15) is 4.79 Å². The lowest BCUT2D eigenvalue weighted by Gasteiger charge is -2.39. The second kappa shape index (κ2) is 6.15. The lowest BCUT2D eigenvalue weighted by molar-refractivity contribution is 0.0541. The molecule has 1 aromatic heterocycles. The van der Waals surface area contributed by atoms with Gasteiger partial charge < -0.3 is 10.6 Å². The number of nitrogen functional groups attached to an aromatic ring is 1. The van der Waals surface area contributed by atoms with E-state index in [1.54, 1.807) is 18.2 Å². The maximum Gasteiger partial charge on any atom is 0.272 e. The SMILES string of the molecule is CN1CCN(C(=O)c2cccc(N)n2)C[C@@H]1c1ccccc1. The molecule has 1 aromatic carbocycles. The van der Waals surface area contributed by atoms with Crippen molar-refractivity contribution >= 4 is 11.7 Å². The number of anilines is 1. The van der Waals surface area contributed by atoms with Crippen LogP contribution in [0.25, 0.3) is 0 Å². The molecule has 0 bridgehead atoms. The monoisotopic (exact) mass is 296 g/mol. The van der Waals surface area contributed by atoms with Gasteiger partial charge in [0.2, 0.25) is 0 Å². The number of benzene rings is 1. The van der Waals surface area contributed by atoms with Crippen molar-refractivity contribution in [2.24, 2.45) is 0 Å². The Morgan fingerprint density at radius 3 is 2.64 bits per heavy atom. The second-order valence-corrected chi connectivity index (χ2v) is 5.61. The standard InChI is InChI=1S/C17H20N4O/c1-20-10-11-21(12-15(20)13-6-3-2-4-7-13)17(22)14-8-5-9-16(18)19-14/h2-9,15H,10-12H2,1H3,(H2,18,19)/t15-/m1/s1. The Kier molecular flexibility index (Phi) is 4.06. The second-order valence-electron chi connectivity index (χ2n) is 5.61. The van der Waals surface area contributed by atoms with Crippen molar-refractivity contribution in [1.29, 1.82) is 0 Å². The van der Waals surface area contributed by atoms with Crippen molar-refractivity contribution in [3.8, 4) is 0 Å². The summed E-state index contributed by atoms with van der Waals surface area (Å²) in [6.07, 6.45) is 0. The largest absolute Gasteiger partial charge is 0.384 e. The van der Waals surface area contributed by atoms with Gasteiger partial charge in [0.1, 0.15) is 11.5 Å². The highest BCUT2D eigenvalue weighted by Gasteiger charge is 2.29. The molecule has 0 aliphatic carbocycles. The summed E-state index contributed by atoms with van der Waals surface area (Å²) in [4.78, 5) is 20.9. The van der Waals surface area contributed by atoms with Crippen LogP contribution in [0.15, 0.2) is 48.5 Å². The van der Waals surface area contributed by atoms with Gasteiger partial charge in [0, 0.05) is 19.6 Å². The molecule has 0 spiro atoms. The first-order valence-corrected chi connectivity index (χ1v) is 7.42. The highest BCUT2D eigenvalue weighted by Crippen LogP contribution is 2.24. The molecule has 1 fully saturated rings. The first-order valence-electron chi connectivity index (χ1n) is 7.42. The van der Waals surface area contributed by atoms with Crippen molar-refractivity contribution < 1.29 is 4.79 Å². The molecular formula is C17H20N4O. The molecule has 1 aliphatic rings. The van der Waals surface area contributed by atoms with Crippen molar-refractivity contribution in [2.45, 2.75) is 6.04 Å². The number of carbonyl (C=O) groups excluding carboxylic acids is 1. The van der Waals surface area contributed by atoms with Crippen molar-refractivity contribution in [3.63, 3.8) is 0 Å². The zero-order chi connectivity index (χ0) is 15.5. The number of nitrogens with two attached hydrogens (primary N) is 1. The predicted octanol–water partition coefficient (Wildman–Crippen LogP) is 1.79. The number of piperazine rings is 1. The van der Waals surface area contributed by atoms with E-state index < -0.39 is 0 Å². The Labute approximate surface area is 130 Å². The van der Waals surface area contributed by atoms with Gasteiger partial charge >= 0.3 is 0 Å². The van der Waals surface area contributed by atoms with Crippen LogP contribution < -0.4 is 5.73 Å². The van der Waals surface area contributed by atoms with Crippen LogP contribution in [-0.4, -0.2) is 47.4 Å². The van der Waals surface area contributed by atoms with Gasteiger partial charge in [-0.1, -0.05) is 36.4 Å². The lowest BCUT2D eigenvalue weighted by atomic mass is 10.0. The number of nitrogens with zero attached hydrogens (tertiary/aromatic N) is 3. The molecule has 1 atom stereocenters. The number of likely N-dealkylation sites (N-methyl/N-ethyl adjacent to an activating group) is 1. The van der Waals surface area contributed by atoms with E-state index in [0.717, 1.165) is 6.54 Å². The van der Waals surface area contributed by atoms with Crippen LogP contribution in [-0.2, 0) is 0 Å². The van der Waals surface area contributed by atoms with E-state index in [2.05, 4.69) is 29.1 Å². The molecule has 5 nitrogen and oxygen atoms in total.